The molecule has 0 aliphatic heterocycles. The minimum absolute atomic E-state index is 0.562. The largest absolute Gasteiger partial charge is 0.247 e. The Morgan fingerprint density at radius 1 is 0.542 bits per heavy atom. The Morgan fingerprint density at radius 3 is 1.54 bits per heavy atom. The van der Waals surface area contributed by atoms with E-state index in [0.717, 1.165) is 32.1 Å². The Hall–Kier alpha value is -0.330. The maximum atomic E-state index is 13.8. The van der Waals surface area contributed by atoms with Crippen molar-refractivity contribution in [1.82, 2.24) is 0 Å². The van der Waals surface area contributed by atoms with Gasteiger partial charge in [0.2, 0.25) is 0 Å². The highest BCUT2D eigenvalue weighted by atomic mass is 19.1. The first-order valence-corrected chi connectivity index (χ1v) is 11.1. The topological polar surface area (TPSA) is 0 Å². The summed E-state index contributed by atoms with van der Waals surface area (Å²) in [5.74, 6) is 0. The molecule has 0 radical (unpaired) electrons. The Kier molecular flexibility index (Phi) is 20.4. The number of hydrogen-bond donors (Lipinski definition) is 0. The summed E-state index contributed by atoms with van der Waals surface area (Å²) in [5.41, 5.74) is 0. The van der Waals surface area contributed by atoms with Gasteiger partial charge in [-0.15, -0.1) is 0 Å². The van der Waals surface area contributed by atoms with Crippen molar-refractivity contribution in [2.45, 2.75) is 136 Å². The third-order valence-corrected chi connectivity index (χ3v) is 4.90. The molecule has 0 aliphatic carbocycles. The van der Waals surface area contributed by atoms with Crippen molar-refractivity contribution < 1.29 is 4.39 Å². The van der Waals surface area contributed by atoms with Gasteiger partial charge in [-0.05, 0) is 38.5 Å². The van der Waals surface area contributed by atoms with Gasteiger partial charge in [-0.25, -0.2) is 4.39 Å². The number of hydrogen-bond acceptors (Lipinski definition) is 0. The summed E-state index contributed by atoms with van der Waals surface area (Å²) in [6.07, 6.45) is 26.0. The van der Waals surface area contributed by atoms with E-state index in [1.54, 1.807) is 0 Å². The fourth-order valence-electron chi connectivity index (χ4n) is 3.20. The van der Waals surface area contributed by atoms with E-state index < -0.39 is 6.17 Å². The lowest BCUT2D eigenvalue weighted by molar-refractivity contribution is 0.282. The van der Waals surface area contributed by atoms with Gasteiger partial charge in [0.15, 0.2) is 0 Å². The Labute approximate surface area is 152 Å². The van der Waals surface area contributed by atoms with Crippen LogP contribution in [0.1, 0.15) is 129 Å². The van der Waals surface area contributed by atoms with Gasteiger partial charge in [0, 0.05) is 0 Å². The van der Waals surface area contributed by atoms with Crippen molar-refractivity contribution in [3.63, 3.8) is 0 Å². The van der Waals surface area contributed by atoms with Crippen LogP contribution in [0.3, 0.4) is 0 Å². The molecule has 0 aromatic carbocycles. The SMILES string of the molecule is CCCCCCCC/C=C\CCCC(F)CCCCCCCCC. The monoisotopic (exact) mass is 340 g/mol. The maximum absolute atomic E-state index is 13.8. The van der Waals surface area contributed by atoms with Gasteiger partial charge in [0.25, 0.3) is 0 Å². The molecule has 0 bridgehead atoms. The summed E-state index contributed by atoms with van der Waals surface area (Å²) in [5, 5.41) is 0. The van der Waals surface area contributed by atoms with Gasteiger partial charge in [-0.3, -0.25) is 0 Å². The second-order valence-electron chi connectivity index (χ2n) is 7.47. The zero-order valence-electron chi connectivity index (χ0n) is 16.8. The third-order valence-electron chi connectivity index (χ3n) is 4.90. The first kappa shape index (κ1) is 23.7. The highest BCUT2D eigenvalue weighted by Crippen LogP contribution is 2.15. The molecule has 0 nitrogen and oxygen atoms in total. The zero-order valence-corrected chi connectivity index (χ0v) is 16.8. The molecule has 0 aromatic heterocycles. The lowest BCUT2D eigenvalue weighted by Crippen LogP contribution is -1.99. The van der Waals surface area contributed by atoms with E-state index in [-0.39, 0.29) is 0 Å². The normalized spacial score (nSPS) is 13.0. The van der Waals surface area contributed by atoms with Crippen LogP contribution in [0.5, 0.6) is 0 Å². The molecule has 0 saturated carbocycles. The molecule has 1 unspecified atom stereocenters. The summed E-state index contributed by atoms with van der Waals surface area (Å²) in [6, 6.07) is 0. The van der Waals surface area contributed by atoms with Crippen molar-refractivity contribution >= 4 is 0 Å². The second kappa shape index (κ2) is 20.7. The predicted octanol–water partition coefficient (Wildman–Crippen LogP) is 8.94. The molecule has 0 aromatic rings. The van der Waals surface area contributed by atoms with Crippen molar-refractivity contribution in [2.24, 2.45) is 0 Å². The molecule has 0 saturated heterocycles. The van der Waals surface area contributed by atoms with Crippen LogP contribution in [0.15, 0.2) is 12.2 Å². The van der Waals surface area contributed by atoms with Gasteiger partial charge < -0.3 is 0 Å². The van der Waals surface area contributed by atoms with Gasteiger partial charge in [-0.2, -0.15) is 0 Å². The molecule has 0 aliphatic rings. The molecule has 0 N–H and O–H groups in total. The Balaban J connectivity index is 3.21. The molecule has 0 amide bonds. The third kappa shape index (κ3) is 19.7. The van der Waals surface area contributed by atoms with E-state index in [1.165, 1.54) is 83.5 Å². The van der Waals surface area contributed by atoms with Gasteiger partial charge in [0.1, 0.15) is 6.17 Å². The van der Waals surface area contributed by atoms with E-state index in [2.05, 4.69) is 26.0 Å². The van der Waals surface area contributed by atoms with Crippen LogP contribution in [0, 0.1) is 0 Å². The number of alkyl halides is 1. The van der Waals surface area contributed by atoms with Gasteiger partial charge in [-0.1, -0.05) is 103 Å². The summed E-state index contributed by atoms with van der Waals surface area (Å²) in [6.45, 7) is 4.51. The second-order valence-corrected chi connectivity index (χ2v) is 7.47. The number of rotatable bonds is 19. The summed E-state index contributed by atoms with van der Waals surface area (Å²) < 4.78 is 13.8. The van der Waals surface area contributed by atoms with E-state index in [1.807, 2.05) is 0 Å². The highest BCUT2D eigenvalue weighted by molar-refractivity contribution is 4.81. The lowest BCUT2D eigenvalue weighted by Gasteiger charge is -2.07. The summed E-state index contributed by atoms with van der Waals surface area (Å²) in [4.78, 5) is 0. The average molecular weight is 341 g/mol. The smallest absolute Gasteiger partial charge is 0.100 e. The van der Waals surface area contributed by atoms with Crippen LogP contribution in [0.4, 0.5) is 4.39 Å². The van der Waals surface area contributed by atoms with E-state index in [9.17, 15) is 4.39 Å². The van der Waals surface area contributed by atoms with Crippen LogP contribution in [-0.4, -0.2) is 6.17 Å². The van der Waals surface area contributed by atoms with Crippen LogP contribution < -0.4 is 0 Å². The fourth-order valence-corrected chi connectivity index (χ4v) is 3.20. The van der Waals surface area contributed by atoms with Crippen molar-refractivity contribution in [1.29, 1.82) is 0 Å². The molecule has 0 fully saturated rings. The molecule has 144 valence electrons. The van der Waals surface area contributed by atoms with Crippen LogP contribution in [0.25, 0.3) is 0 Å². The van der Waals surface area contributed by atoms with E-state index >= 15 is 0 Å². The first-order chi connectivity index (χ1) is 11.8. The maximum Gasteiger partial charge on any atom is 0.100 e. The molecule has 0 spiro atoms. The van der Waals surface area contributed by atoms with Crippen molar-refractivity contribution in [3.05, 3.63) is 12.2 Å². The average Bonchev–Trinajstić information content (AvgIpc) is 2.59. The number of unbranched alkanes of at least 4 members (excludes halogenated alkanes) is 13. The molecule has 1 atom stereocenters. The number of allylic oxidation sites excluding steroid dienone is 2. The fraction of sp³-hybridized carbons (Fsp3) is 0.913. The Bertz CT molecular complexity index is 246. The van der Waals surface area contributed by atoms with E-state index in [4.69, 9.17) is 0 Å². The van der Waals surface area contributed by atoms with Crippen LogP contribution in [0.2, 0.25) is 0 Å². The molecule has 1 heteroatoms. The molecule has 24 heavy (non-hydrogen) atoms. The van der Waals surface area contributed by atoms with Gasteiger partial charge in [0.05, 0.1) is 0 Å². The predicted molar refractivity (Wildman–Crippen MR) is 108 cm³/mol. The van der Waals surface area contributed by atoms with Crippen LogP contribution >= 0.6 is 0 Å². The standard InChI is InChI=1S/C23H45F/c1-3-5-7-9-11-12-13-14-16-18-20-22-23(24)21-19-17-15-10-8-6-4-2/h14,16,23H,3-13,15,17-22H2,1-2H3/b16-14-. The van der Waals surface area contributed by atoms with Gasteiger partial charge >= 0.3 is 0 Å². The molecular formula is C23H45F. The first-order valence-electron chi connectivity index (χ1n) is 11.1. The molecular weight excluding hydrogens is 295 g/mol. The van der Waals surface area contributed by atoms with Crippen LogP contribution in [-0.2, 0) is 0 Å². The number of halogens is 1. The summed E-state index contributed by atoms with van der Waals surface area (Å²) >= 11 is 0. The minimum atomic E-state index is -0.562. The van der Waals surface area contributed by atoms with E-state index in [0.29, 0.717) is 0 Å². The summed E-state index contributed by atoms with van der Waals surface area (Å²) in [7, 11) is 0. The minimum Gasteiger partial charge on any atom is -0.247 e. The Morgan fingerprint density at radius 2 is 0.958 bits per heavy atom. The zero-order chi connectivity index (χ0) is 17.7. The van der Waals surface area contributed by atoms with Crippen molar-refractivity contribution in [3.8, 4) is 0 Å². The molecule has 0 rings (SSSR count). The molecule has 0 heterocycles. The van der Waals surface area contributed by atoms with Crippen molar-refractivity contribution in [2.75, 3.05) is 0 Å². The highest BCUT2D eigenvalue weighted by Gasteiger charge is 2.05. The lowest BCUT2D eigenvalue weighted by atomic mass is 10.0. The quantitative estimate of drug-likeness (QED) is 0.162.